The number of aromatic nitrogens is 3. The Hall–Kier alpha value is -2.43. The number of fused-ring (bicyclic) bond motifs is 1. The van der Waals surface area contributed by atoms with E-state index >= 15 is 0 Å². The van der Waals surface area contributed by atoms with Crippen LogP contribution in [0.25, 0.3) is 16.8 Å². The van der Waals surface area contributed by atoms with Gasteiger partial charge in [-0.1, -0.05) is 24.2 Å². The Kier molecular flexibility index (Phi) is 3.10. The van der Waals surface area contributed by atoms with Gasteiger partial charge in [-0.2, -0.15) is 0 Å². The first-order chi connectivity index (χ1) is 9.70. The van der Waals surface area contributed by atoms with Crippen LogP contribution in [-0.4, -0.2) is 14.7 Å². The van der Waals surface area contributed by atoms with Crippen molar-refractivity contribution in [1.29, 1.82) is 0 Å². The molecule has 2 aromatic heterocycles. The number of aryl methyl sites for hydroxylation is 2. The Labute approximate surface area is 115 Å². The summed E-state index contributed by atoms with van der Waals surface area (Å²) in [4.78, 5) is 17.3. The minimum absolute atomic E-state index is 0.116. The maximum Gasteiger partial charge on any atom is 0.268 e. The monoisotopic (exact) mass is 269 g/mol. The van der Waals surface area contributed by atoms with E-state index in [9.17, 15) is 4.79 Å². The molecule has 0 fully saturated rings. The van der Waals surface area contributed by atoms with Gasteiger partial charge in [0.1, 0.15) is 5.82 Å². The first-order valence-corrected chi connectivity index (χ1v) is 6.65. The lowest BCUT2D eigenvalue weighted by Crippen LogP contribution is -2.23. The van der Waals surface area contributed by atoms with Crippen LogP contribution in [0, 0.1) is 6.92 Å². The van der Waals surface area contributed by atoms with Gasteiger partial charge < -0.3 is 4.52 Å². The summed E-state index contributed by atoms with van der Waals surface area (Å²) in [6.07, 6.45) is 1.61. The van der Waals surface area contributed by atoms with Gasteiger partial charge in [0.05, 0.1) is 16.6 Å². The van der Waals surface area contributed by atoms with Crippen molar-refractivity contribution in [3.8, 4) is 5.88 Å². The van der Waals surface area contributed by atoms with Gasteiger partial charge in [-0.05, 0) is 25.5 Å². The van der Waals surface area contributed by atoms with Gasteiger partial charge in [0, 0.05) is 12.5 Å². The van der Waals surface area contributed by atoms with Gasteiger partial charge in [-0.3, -0.25) is 4.79 Å². The molecule has 5 nitrogen and oxygen atoms in total. The van der Waals surface area contributed by atoms with Gasteiger partial charge in [-0.15, -0.1) is 0 Å². The summed E-state index contributed by atoms with van der Waals surface area (Å²) in [6, 6.07) is 9.09. The quantitative estimate of drug-likeness (QED) is 0.733. The molecule has 0 saturated carbocycles. The van der Waals surface area contributed by atoms with E-state index in [4.69, 9.17) is 4.52 Å². The molecule has 2 heterocycles. The van der Waals surface area contributed by atoms with Crippen molar-refractivity contribution >= 4 is 10.9 Å². The van der Waals surface area contributed by atoms with Crippen LogP contribution >= 0.6 is 0 Å². The number of benzene rings is 1. The summed E-state index contributed by atoms with van der Waals surface area (Å²) < 4.78 is 6.76. The molecule has 0 N–H and O–H groups in total. The zero-order valence-electron chi connectivity index (χ0n) is 11.5. The van der Waals surface area contributed by atoms with Gasteiger partial charge in [0.15, 0.2) is 0 Å². The molecule has 102 valence electrons. The third-order valence-corrected chi connectivity index (χ3v) is 3.15. The molecule has 0 aliphatic rings. The average Bonchev–Trinajstić information content (AvgIpc) is 2.86. The maximum absolute atomic E-state index is 12.7. The molecule has 3 aromatic rings. The Morgan fingerprint density at radius 3 is 2.80 bits per heavy atom. The van der Waals surface area contributed by atoms with E-state index in [1.807, 2.05) is 25.1 Å². The molecule has 0 amide bonds. The summed E-state index contributed by atoms with van der Waals surface area (Å²) in [5, 5.41) is 4.44. The van der Waals surface area contributed by atoms with E-state index in [0.29, 0.717) is 29.0 Å². The van der Waals surface area contributed by atoms with E-state index in [-0.39, 0.29) is 5.56 Å². The second-order valence-electron chi connectivity index (χ2n) is 4.74. The van der Waals surface area contributed by atoms with Gasteiger partial charge in [0.25, 0.3) is 5.56 Å². The van der Waals surface area contributed by atoms with Gasteiger partial charge in [0.2, 0.25) is 5.88 Å². The van der Waals surface area contributed by atoms with Crippen LogP contribution in [0.15, 0.2) is 39.6 Å². The highest BCUT2D eigenvalue weighted by molar-refractivity contribution is 5.77. The summed E-state index contributed by atoms with van der Waals surface area (Å²) in [7, 11) is 0. The van der Waals surface area contributed by atoms with E-state index in [2.05, 4.69) is 17.1 Å². The molecular weight excluding hydrogens is 254 g/mol. The normalized spacial score (nSPS) is 11.1. The second kappa shape index (κ2) is 4.92. The minimum Gasteiger partial charge on any atom is -0.338 e. The van der Waals surface area contributed by atoms with Crippen LogP contribution < -0.4 is 5.56 Å². The van der Waals surface area contributed by atoms with E-state index in [1.165, 1.54) is 4.57 Å². The molecular formula is C15H15N3O2. The van der Waals surface area contributed by atoms with Crippen LogP contribution in [0.5, 0.6) is 0 Å². The third-order valence-electron chi connectivity index (χ3n) is 3.15. The summed E-state index contributed by atoms with van der Waals surface area (Å²) >= 11 is 0. The summed E-state index contributed by atoms with van der Waals surface area (Å²) in [5.41, 5.74) is 1.34. The molecule has 0 spiro atoms. The zero-order chi connectivity index (χ0) is 14.1. The van der Waals surface area contributed by atoms with E-state index < -0.39 is 0 Å². The number of hydrogen-bond acceptors (Lipinski definition) is 4. The zero-order valence-corrected chi connectivity index (χ0v) is 11.5. The van der Waals surface area contributed by atoms with Crippen LogP contribution in [0.1, 0.15) is 24.9 Å². The second-order valence-corrected chi connectivity index (χ2v) is 4.74. The predicted molar refractivity (Wildman–Crippen MR) is 76.1 cm³/mol. The maximum atomic E-state index is 12.7. The Morgan fingerprint density at radius 1 is 1.30 bits per heavy atom. The average molecular weight is 269 g/mol. The highest BCUT2D eigenvalue weighted by Crippen LogP contribution is 2.14. The molecule has 1 aromatic carbocycles. The lowest BCUT2D eigenvalue weighted by Gasteiger charge is -2.09. The standard InChI is InChI=1S/C15H15N3O2/c1-3-6-13-16-12-8-5-4-7-11(12)15(19)18(13)14-9-10(2)17-20-14/h4-5,7-9H,3,6H2,1-2H3. The predicted octanol–water partition coefficient (Wildman–Crippen LogP) is 2.63. The van der Waals surface area contributed by atoms with Crippen LogP contribution in [0.2, 0.25) is 0 Å². The summed E-state index contributed by atoms with van der Waals surface area (Å²) in [5.74, 6) is 1.13. The highest BCUT2D eigenvalue weighted by atomic mass is 16.5. The molecule has 3 rings (SSSR count). The van der Waals surface area contributed by atoms with E-state index in [0.717, 1.165) is 12.1 Å². The lowest BCUT2D eigenvalue weighted by atomic mass is 10.2. The molecule has 0 unspecified atom stereocenters. The number of rotatable bonds is 3. The molecule has 0 bridgehead atoms. The largest absolute Gasteiger partial charge is 0.338 e. The SMILES string of the molecule is CCCc1nc2ccccc2c(=O)n1-c1cc(C)no1. The van der Waals surface area contributed by atoms with Gasteiger partial charge in [-0.25, -0.2) is 9.55 Å². The lowest BCUT2D eigenvalue weighted by molar-refractivity contribution is 0.396. The van der Waals surface area contributed by atoms with Crippen LogP contribution in [0.4, 0.5) is 0 Å². The van der Waals surface area contributed by atoms with Crippen molar-refractivity contribution in [2.24, 2.45) is 0 Å². The van der Waals surface area contributed by atoms with Crippen LogP contribution in [0.3, 0.4) is 0 Å². The van der Waals surface area contributed by atoms with Crippen LogP contribution in [-0.2, 0) is 6.42 Å². The smallest absolute Gasteiger partial charge is 0.268 e. The first kappa shape index (κ1) is 12.6. The van der Waals surface area contributed by atoms with Crippen molar-refractivity contribution in [3.05, 3.63) is 52.2 Å². The number of hydrogen-bond donors (Lipinski definition) is 0. The molecule has 20 heavy (non-hydrogen) atoms. The molecule has 0 aliphatic carbocycles. The van der Waals surface area contributed by atoms with Crippen molar-refractivity contribution < 1.29 is 4.52 Å². The fourth-order valence-corrected chi connectivity index (χ4v) is 2.25. The van der Waals surface area contributed by atoms with Crippen molar-refractivity contribution in [3.63, 3.8) is 0 Å². The fourth-order valence-electron chi connectivity index (χ4n) is 2.25. The highest BCUT2D eigenvalue weighted by Gasteiger charge is 2.14. The van der Waals surface area contributed by atoms with Crippen molar-refractivity contribution in [2.75, 3.05) is 0 Å². The molecule has 0 saturated heterocycles. The first-order valence-electron chi connectivity index (χ1n) is 6.65. The van der Waals surface area contributed by atoms with Gasteiger partial charge >= 0.3 is 0 Å². The molecule has 0 aliphatic heterocycles. The Morgan fingerprint density at radius 2 is 2.10 bits per heavy atom. The molecule has 5 heteroatoms. The third kappa shape index (κ3) is 2.01. The van der Waals surface area contributed by atoms with Crippen molar-refractivity contribution in [2.45, 2.75) is 26.7 Å². The van der Waals surface area contributed by atoms with Crippen molar-refractivity contribution in [1.82, 2.24) is 14.7 Å². The number of nitrogens with zero attached hydrogens (tertiary/aromatic N) is 3. The summed E-state index contributed by atoms with van der Waals surface area (Å²) in [6.45, 7) is 3.88. The fraction of sp³-hybridized carbons (Fsp3) is 0.267. The Bertz CT molecular complexity index is 817. The minimum atomic E-state index is -0.116. The van der Waals surface area contributed by atoms with E-state index in [1.54, 1.807) is 12.1 Å². The molecule has 0 radical (unpaired) electrons. The Balaban J connectivity index is 2.35. The number of para-hydroxylation sites is 1. The molecule has 0 atom stereocenters. The topological polar surface area (TPSA) is 60.9 Å².